The molecule has 0 saturated carbocycles. The molecule has 5 rings (SSSR count). The maximum atomic E-state index is 12.8. The van der Waals surface area contributed by atoms with Crippen LogP contribution in [0.1, 0.15) is 74.0 Å². The first-order valence-electron chi connectivity index (χ1n) is 15.9. The fourth-order valence-corrected chi connectivity index (χ4v) is 6.11. The zero-order valence-corrected chi connectivity index (χ0v) is 27.0. The smallest absolute Gasteiger partial charge is 0.224 e. The van der Waals surface area contributed by atoms with Crippen LogP contribution in [0, 0.1) is 0 Å². The summed E-state index contributed by atoms with van der Waals surface area (Å²) in [6.07, 6.45) is 7.09. The molecule has 1 saturated heterocycles. The number of para-hydroxylation sites is 2. The first-order valence-corrected chi connectivity index (χ1v) is 16.9. The number of anilines is 3. The molecule has 3 atom stereocenters. The number of nitrogen functional groups attached to an aromatic ring is 1. The molecule has 1 aliphatic rings. The molecule has 1 fully saturated rings. The van der Waals surface area contributed by atoms with E-state index in [1.807, 2.05) is 60.7 Å². The summed E-state index contributed by atoms with van der Waals surface area (Å²) in [5.41, 5.74) is 10.4. The van der Waals surface area contributed by atoms with Crippen LogP contribution in [0.2, 0.25) is 0 Å². The van der Waals surface area contributed by atoms with E-state index in [0.717, 1.165) is 42.4 Å². The monoisotopic (exact) mass is 655 g/mol. The molecule has 3 unspecified atom stereocenters. The number of amides is 2. The van der Waals surface area contributed by atoms with E-state index in [-0.39, 0.29) is 30.6 Å². The number of hydrogen-bond donors (Lipinski definition) is 4. The second-order valence-corrected chi connectivity index (χ2v) is 12.4. The van der Waals surface area contributed by atoms with Crippen molar-refractivity contribution in [3.63, 3.8) is 0 Å². The van der Waals surface area contributed by atoms with Crippen molar-refractivity contribution in [3.8, 4) is 0 Å². The Morgan fingerprint density at radius 2 is 1.55 bits per heavy atom. The highest BCUT2D eigenvalue weighted by Gasteiger charge is 2.32. The number of aliphatic hydroxyl groups excluding tert-OH is 1. The Labute approximate surface area is 279 Å². The molecule has 0 spiro atoms. The van der Waals surface area contributed by atoms with Crippen molar-refractivity contribution in [1.82, 2.24) is 9.97 Å². The average molecular weight is 656 g/mol. The van der Waals surface area contributed by atoms with Crippen molar-refractivity contribution in [2.75, 3.05) is 22.1 Å². The van der Waals surface area contributed by atoms with Gasteiger partial charge < -0.3 is 30.9 Å². The molecule has 0 radical (unpaired) electrons. The third kappa shape index (κ3) is 10.6. The molecule has 0 bridgehead atoms. The Bertz CT molecular complexity index is 1590. The molecule has 47 heavy (non-hydrogen) atoms. The number of hydrogen-bond acceptors (Lipinski definition) is 9. The summed E-state index contributed by atoms with van der Waals surface area (Å²) in [5, 5.41) is 16.0. The van der Waals surface area contributed by atoms with Gasteiger partial charge in [-0.3, -0.25) is 9.59 Å². The molecule has 10 nitrogen and oxygen atoms in total. The van der Waals surface area contributed by atoms with E-state index in [4.69, 9.17) is 15.2 Å². The van der Waals surface area contributed by atoms with Crippen LogP contribution in [0.15, 0.2) is 96.4 Å². The summed E-state index contributed by atoms with van der Waals surface area (Å²) in [5.74, 6) is 0.522. The minimum atomic E-state index is -0.638. The van der Waals surface area contributed by atoms with Gasteiger partial charge in [0.05, 0.1) is 30.2 Å². The van der Waals surface area contributed by atoms with Gasteiger partial charge in [-0.05, 0) is 54.3 Å². The van der Waals surface area contributed by atoms with E-state index in [1.165, 1.54) is 11.8 Å². The molecular weight excluding hydrogens is 614 g/mol. The van der Waals surface area contributed by atoms with Gasteiger partial charge in [-0.25, -0.2) is 9.97 Å². The Hall–Kier alpha value is -4.29. The van der Waals surface area contributed by atoms with E-state index in [0.29, 0.717) is 47.2 Å². The number of nitrogens with two attached hydrogens (primary N) is 1. The van der Waals surface area contributed by atoms with Gasteiger partial charge in [0.15, 0.2) is 11.4 Å². The van der Waals surface area contributed by atoms with E-state index in [9.17, 15) is 14.7 Å². The fourth-order valence-electron chi connectivity index (χ4n) is 5.28. The molecule has 4 aromatic rings. The summed E-state index contributed by atoms with van der Waals surface area (Å²) in [6, 6.07) is 24.3. The number of thioether (sulfide) groups is 1. The van der Waals surface area contributed by atoms with Gasteiger partial charge >= 0.3 is 0 Å². The first kappa shape index (κ1) is 34.1. The molecule has 5 N–H and O–H groups in total. The second kappa shape index (κ2) is 17.6. The lowest BCUT2D eigenvalue weighted by atomic mass is 10.0. The normalized spacial score (nSPS) is 17.6. The van der Waals surface area contributed by atoms with Crippen LogP contribution in [0.5, 0.6) is 0 Å². The Kier molecular flexibility index (Phi) is 12.7. The number of carbonyl (C=O) groups is 2. The highest BCUT2D eigenvalue weighted by Crippen LogP contribution is 2.39. The number of benzene rings is 3. The summed E-state index contributed by atoms with van der Waals surface area (Å²) in [4.78, 5) is 33.6. The maximum Gasteiger partial charge on any atom is 0.224 e. The third-order valence-electron chi connectivity index (χ3n) is 7.79. The number of nitrogens with one attached hydrogen (secondary N) is 2. The van der Waals surface area contributed by atoms with Gasteiger partial charge in [-0.1, -0.05) is 73.1 Å². The number of ether oxygens (including phenoxy) is 2. The van der Waals surface area contributed by atoms with E-state index < -0.39 is 6.29 Å². The zero-order chi connectivity index (χ0) is 32.8. The van der Waals surface area contributed by atoms with Gasteiger partial charge in [0, 0.05) is 48.7 Å². The summed E-state index contributed by atoms with van der Waals surface area (Å²) < 4.78 is 12.9. The molecule has 1 aliphatic heterocycles. The molecule has 2 amide bonds. The molecule has 3 aromatic carbocycles. The topological polar surface area (TPSA) is 149 Å². The van der Waals surface area contributed by atoms with Gasteiger partial charge in [-0.15, -0.1) is 0 Å². The number of carbonyl (C=O) groups excluding carboxylic acids is 2. The maximum absolute atomic E-state index is 12.8. The van der Waals surface area contributed by atoms with Crippen molar-refractivity contribution < 1.29 is 24.2 Å². The van der Waals surface area contributed by atoms with Crippen LogP contribution in [0.25, 0.3) is 0 Å². The lowest BCUT2D eigenvalue weighted by Gasteiger charge is -2.36. The summed E-state index contributed by atoms with van der Waals surface area (Å²) in [7, 11) is 0. The SMILES string of the molecule is Nc1ccccc1NC(=O)CCCCCCC(=O)Nc1cccc(C2OC(CSc3ncccn3)CC(c3ccc(CO)cc3)O2)c1. The van der Waals surface area contributed by atoms with Crippen LogP contribution in [0.3, 0.4) is 0 Å². The number of nitrogens with zero attached hydrogens (tertiary/aromatic N) is 2. The summed E-state index contributed by atoms with van der Waals surface area (Å²) in [6.45, 7) is -0.0173. The minimum Gasteiger partial charge on any atom is -0.397 e. The molecule has 11 heteroatoms. The van der Waals surface area contributed by atoms with Gasteiger partial charge in [-0.2, -0.15) is 0 Å². The van der Waals surface area contributed by atoms with Crippen molar-refractivity contribution in [2.24, 2.45) is 0 Å². The van der Waals surface area contributed by atoms with Crippen molar-refractivity contribution in [1.29, 1.82) is 0 Å². The number of rotatable bonds is 15. The minimum absolute atomic E-state index is 0.0173. The third-order valence-corrected chi connectivity index (χ3v) is 8.80. The van der Waals surface area contributed by atoms with Gasteiger partial charge in [0.1, 0.15) is 0 Å². The number of aliphatic hydroxyl groups is 1. The van der Waals surface area contributed by atoms with Crippen LogP contribution in [0.4, 0.5) is 17.1 Å². The molecule has 0 aliphatic carbocycles. The summed E-state index contributed by atoms with van der Waals surface area (Å²) >= 11 is 1.54. The van der Waals surface area contributed by atoms with E-state index in [2.05, 4.69) is 20.6 Å². The van der Waals surface area contributed by atoms with E-state index in [1.54, 1.807) is 30.6 Å². The predicted molar refractivity (Wildman–Crippen MR) is 183 cm³/mol. The Morgan fingerprint density at radius 3 is 2.28 bits per heavy atom. The van der Waals surface area contributed by atoms with Crippen molar-refractivity contribution in [2.45, 2.75) is 75.2 Å². The van der Waals surface area contributed by atoms with Gasteiger partial charge in [0.2, 0.25) is 11.8 Å². The Morgan fingerprint density at radius 1 is 0.830 bits per heavy atom. The molecule has 1 aromatic heterocycles. The Balaban J connectivity index is 1.11. The first-order chi connectivity index (χ1) is 23.0. The van der Waals surface area contributed by atoms with Gasteiger partial charge in [0.25, 0.3) is 0 Å². The molecular formula is C36H41N5O5S. The van der Waals surface area contributed by atoms with Crippen LogP contribution < -0.4 is 16.4 Å². The van der Waals surface area contributed by atoms with Crippen LogP contribution >= 0.6 is 11.8 Å². The predicted octanol–water partition coefficient (Wildman–Crippen LogP) is 6.81. The quantitative estimate of drug-likeness (QED) is 0.0469. The highest BCUT2D eigenvalue weighted by atomic mass is 32.2. The number of aromatic nitrogens is 2. The lowest BCUT2D eigenvalue weighted by Crippen LogP contribution is -2.31. The average Bonchev–Trinajstić information content (AvgIpc) is 3.10. The lowest BCUT2D eigenvalue weighted by molar-refractivity contribution is -0.245. The fraction of sp³-hybridized carbons (Fsp3) is 0.333. The molecule has 2 heterocycles. The van der Waals surface area contributed by atoms with Crippen LogP contribution in [-0.2, 0) is 25.7 Å². The zero-order valence-electron chi connectivity index (χ0n) is 26.2. The standard InChI is InChI=1S/C36H41N5O5S/c37-30-11-5-6-12-31(30)41-34(44)14-4-2-1-3-13-33(43)40-28-10-7-9-27(21-28)35-45-29(24-47-36-38-19-8-20-39-36)22-32(46-35)26-17-15-25(23-42)16-18-26/h5-12,15-21,29,32,35,42H,1-4,13-14,22-24,37H2,(H,40,43)(H,41,44). The number of unbranched alkanes of at least 4 members (excludes halogenated alkanes) is 3. The second-order valence-electron chi connectivity index (χ2n) is 11.4. The van der Waals surface area contributed by atoms with Crippen LogP contribution in [-0.4, -0.2) is 38.7 Å². The van der Waals surface area contributed by atoms with E-state index >= 15 is 0 Å². The van der Waals surface area contributed by atoms with Crippen molar-refractivity contribution in [3.05, 3.63) is 108 Å². The van der Waals surface area contributed by atoms with Crippen molar-refractivity contribution >= 4 is 40.6 Å². The molecule has 246 valence electrons. The largest absolute Gasteiger partial charge is 0.397 e. The highest BCUT2D eigenvalue weighted by molar-refractivity contribution is 7.99.